The summed E-state index contributed by atoms with van der Waals surface area (Å²) in [5, 5.41) is 14.5. The van der Waals surface area contributed by atoms with Gasteiger partial charge in [-0.15, -0.1) is 23.1 Å². The van der Waals surface area contributed by atoms with E-state index in [4.69, 9.17) is 16.3 Å². The highest BCUT2D eigenvalue weighted by atomic mass is 35.5. The number of fused-ring (bicyclic) bond motifs is 1. The molecule has 3 aromatic rings. The molecule has 1 atom stereocenters. The summed E-state index contributed by atoms with van der Waals surface area (Å²) in [6.07, 6.45) is 5.19. The number of pyridine rings is 1. The second kappa shape index (κ2) is 11.0. The monoisotopic (exact) mass is 476 g/mol. The molecule has 166 valence electrons. The van der Waals surface area contributed by atoms with Gasteiger partial charge < -0.3 is 14.7 Å². The molecule has 0 bridgehead atoms. The topological polar surface area (TPSA) is 45.6 Å². The lowest BCUT2D eigenvalue weighted by Crippen LogP contribution is -2.35. The molecule has 1 aromatic carbocycles. The van der Waals surface area contributed by atoms with Gasteiger partial charge in [-0.2, -0.15) is 0 Å². The molecule has 1 aliphatic rings. The van der Waals surface area contributed by atoms with E-state index in [0.29, 0.717) is 10.9 Å². The van der Waals surface area contributed by atoms with Crippen LogP contribution in [0.1, 0.15) is 37.4 Å². The Morgan fingerprint density at radius 1 is 1.32 bits per heavy atom. The summed E-state index contributed by atoms with van der Waals surface area (Å²) >= 11 is 10.2. The maximum absolute atomic E-state index is 11.0. The Morgan fingerprint density at radius 3 is 2.90 bits per heavy atom. The zero-order valence-corrected chi connectivity index (χ0v) is 20.2. The van der Waals surface area contributed by atoms with Crippen molar-refractivity contribution in [2.75, 3.05) is 32.5 Å². The fraction of sp³-hybridized carbons (Fsp3) is 0.458. The van der Waals surface area contributed by atoms with Crippen LogP contribution in [0.2, 0.25) is 5.02 Å². The molecular formula is C24H29ClN2O2S2. The van der Waals surface area contributed by atoms with Crippen molar-refractivity contribution < 1.29 is 9.84 Å². The number of nitrogens with zero attached hydrogens (tertiary/aromatic N) is 2. The first kappa shape index (κ1) is 22.9. The lowest BCUT2D eigenvalue weighted by molar-refractivity contribution is 0.137. The summed E-state index contributed by atoms with van der Waals surface area (Å²) in [6, 6.07) is 10.0. The number of thiophene rings is 1. The molecule has 1 aliphatic heterocycles. The number of ether oxygens (including phenoxy) is 1. The average molecular weight is 477 g/mol. The molecule has 1 fully saturated rings. The highest BCUT2D eigenvalue weighted by Gasteiger charge is 2.22. The van der Waals surface area contributed by atoms with E-state index in [0.717, 1.165) is 60.4 Å². The lowest BCUT2D eigenvalue weighted by atomic mass is 9.89. The van der Waals surface area contributed by atoms with Crippen LogP contribution in [0.15, 0.2) is 46.1 Å². The van der Waals surface area contributed by atoms with E-state index < -0.39 is 6.10 Å². The molecule has 0 amide bonds. The third-order valence-electron chi connectivity index (χ3n) is 6.10. The van der Waals surface area contributed by atoms with Gasteiger partial charge in [-0.25, -0.2) is 0 Å². The van der Waals surface area contributed by atoms with Crippen molar-refractivity contribution in [3.8, 4) is 5.75 Å². The van der Waals surface area contributed by atoms with Crippen LogP contribution in [0, 0.1) is 5.92 Å². The molecule has 0 saturated carbocycles. The third kappa shape index (κ3) is 5.93. The number of rotatable bonds is 9. The molecule has 31 heavy (non-hydrogen) atoms. The first-order chi connectivity index (χ1) is 15.1. The lowest BCUT2D eigenvalue weighted by Gasteiger charge is -2.32. The van der Waals surface area contributed by atoms with Crippen molar-refractivity contribution in [1.82, 2.24) is 9.88 Å². The number of thioether (sulfide) groups is 1. The van der Waals surface area contributed by atoms with Gasteiger partial charge in [0.25, 0.3) is 0 Å². The predicted octanol–water partition coefficient (Wildman–Crippen LogP) is 6.28. The van der Waals surface area contributed by atoms with Gasteiger partial charge in [-0.3, -0.25) is 4.98 Å². The normalized spacial score (nSPS) is 16.6. The first-order valence-corrected chi connectivity index (χ1v) is 13.1. The van der Waals surface area contributed by atoms with Gasteiger partial charge in [-0.05, 0) is 74.3 Å². The van der Waals surface area contributed by atoms with Crippen LogP contribution in [-0.2, 0) is 0 Å². The van der Waals surface area contributed by atoms with Crippen molar-refractivity contribution >= 4 is 45.6 Å². The van der Waals surface area contributed by atoms with Crippen LogP contribution in [-0.4, -0.2) is 47.5 Å². The van der Waals surface area contributed by atoms with Crippen LogP contribution in [0.3, 0.4) is 0 Å². The summed E-state index contributed by atoms with van der Waals surface area (Å²) in [4.78, 5) is 6.97. The second-order valence-electron chi connectivity index (χ2n) is 8.06. The number of aromatic nitrogens is 1. The Balaban J connectivity index is 1.28. The predicted molar refractivity (Wildman–Crippen MR) is 132 cm³/mol. The first-order valence-electron chi connectivity index (χ1n) is 10.8. The summed E-state index contributed by atoms with van der Waals surface area (Å²) in [7, 11) is 1.64. The molecule has 4 nitrogen and oxygen atoms in total. The van der Waals surface area contributed by atoms with Crippen LogP contribution in [0.4, 0.5) is 0 Å². The molecule has 7 heteroatoms. The molecule has 1 N–H and O–H groups in total. The van der Waals surface area contributed by atoms with Crippen LogP contribution in [0.25, 0.3) is 10.9 Å². The number of aliphatic hydroxyl groups excluding tert-OH is 1. The van der Waals surface area contributed by atoms with E-state index in [1.54, 1.807) is 13.3 Å². The van der Waals surface area contributed by atoms with Gasteiger partial charge in [0, 0.05) is 29.4 Å². The zero-order chi connectivity index (χ0) is 21.6. The van der Waals surface area contributed by atoms with E-state index in [9.17, 15) is 5.11 Å². The van der Waals surface area contributed by atoms with E-state index in [2.05, 4.69) is 27.4 Å². The fourth-order valence-corrected chi connectivity index (χ4v) is 6.43. The fourth-order valence-electron chi connectivity index (χ4n) is 4.29. The van der Waals surface area contributed by atoms with E-state index in [1.807, 2.05) is 41.3 Å². The van der Waals surface area contributed by atoms with Crippen LogP contribution < -0.4 is 4.74 Å². The van der Waals surface area contributed by atoms with Crippen LogP contribution in [0.5, 0.6) is 5.75 Å². The largest absolute Gasteiger partial charge is 0.497 e. The van der Waals surface area contributed by atoms with E-state index in [-0.39, 0.29) is 0 Å². The minimum atomic E-state index is -0.592. The summed E-state index contributed by atoms with van der Waals surface area (Å²) in [5.74, 6) is 2.56. The number of methoxy groups -OCH3 is 1. The van der Waals surface area contributed by atoms with Crippen molar-refractivity contribution in [2.45, 2.75) is 36.0 Å². The zero-order valence-electron chi connectivity index (χ0n) is 17.8. The third-order valence-corrected chi connectivity index (χ3v) is 8.52. The Labute approximate surface area is 197 Å². The molecule has 0 spiro atoms. The minimum absolute atomic E-state index is 0.520. The van der Waals surface area contributed by atoms with Gasteiger partial charge in [0.05, 0.1) is 28.0 Å². The maximum atomic E-state index is 11.0. The summed E-state index contributed by atoms with van der Waals surface area (Å²) in [5.41, 5.74) is 1.60. The molecular weight excluding hydrogens is 448 g/mol. The maximum Gasteiger partial charge on any atom is 0.119 e. The number of likely N-dealkylation sites (tertiary alicyclic amines) is 1. The number of piperidine rings is 1. The molecule has 0 unspecified atom stereocenters. The summed E-state index contributed by atoms with van der Waals surface area (Å²) < 4.78 is 6.76. The van der Waals surface area contributed by atoms with Gasteiger partial charge in [-0.1, -0.05) is 17.7 Å². The number of hydrogen-bond acceptors (Lipinski definition) is 6. The van der Waals surface area contributed by atoms with E-state index >= 15 is 0 Å². The van der Waals surface area contributed by atoms with Gasteiger partial charge >= 0.3 is 0 Å². The van der Waals surface area contributed by atoms with E-state index in [1.165, 1.54) is 17.1 Å². The number of aliphatic hydroxyl groups is 1. The molecule has 3 heterocycles. The Morgan fingerprint density at radius 2 is 2.16 bits per heavy atom. The van der Waals surface area contributed by atoms with Gasteiger partial charge in [0.2, 0.25) is 0 Å². The van der Waals surface area contributed by atoms with Crippen molar-refractivity contribution in [2.24, 2.45) is 5.92 Å². The number of halogens is 1. The number of hydrogen-bond donors (Lipinski definition) is 1. The number of benzene rings is 1. The Kier molecular flexibility index (Phi) is 8.13. The van der Waals surface area contributed by atoms with Gasteiger partial charge in [0.15, 0.2) is 0 Å². The highest BCUT2D eigenvalue weighted by Crippen LogP contribution is 2.35. The molecule has 1 saturated heterocycles. The van der Waals surface area contributed by atoms with Crippen molar-refractivity contribution in [3.05, 3.63) is 52.5 Å². The smallest absolute Gasteiger partial charge is 0.119 e. The Hall–Kier alpha value is -1.31. The SMILES string of the molecule is COc1ccc2ncc(Cl)c([C@H](O)CCC3CCN(CCSc4cccs4)CC3)c2c1. The van der Waals surface area contributed by atoms with Gasteiger partial charge in [0.1, 0.15) is 5.75 Å². The summed E-state index contributed by atoms with van der Waals surface area (Å²) in [6.45, 7) is 3.46. The second-order valence-corrected chi connectivity index (χ2v) is 10.8. The molecule has 0 radical (unpaired) electrons. The van der Waals surface area contributed by atoms with Crippen molar-refractivity contribution in [1.29, 1.82) is 0 Å². The van der Waals surface area contributed by atoms with Crippen molar-refractivity contribution in [3.63, 3.8) is 0 Å². The molecule has 4 rings (SSSR count). The minimum Gasteiger partial charge on any atom is -0.497 e. The standard InChI is InChI=1S/C24H29ClN2O2S2/c1-29-18-5-6-21-19(15-18)24(20(25)16-26-21)22(28)7-4-17-8-10-27(11-9-17)12-14-31-23-3-2-13-30-23/h2-3,5-6,13,15-17,22,28H,4,7-12,14H2,1H3/t22-/m1/s1. The Bertz CT molecular complexity index is 975. The quantitative estimate of drug-likeness (QED) is 0.368. The highest BCUT2D eigenvalue weighted by molar-refractivity contribution is 8.01. The molecule has 2 aromatic heterocycles. The van der Waals surface area contributed by atoms with Crippen LogP contribution >= 0.6 is 34.7 Å². The molecule has 0 aliphatic carbocycles. The average Bonchev–Trinajstić information content (AvgIpc) is 3.31.